The first-order chi connectivity index (χ1) is 6.74. The van der Waals surface area contributed by atoms with Gasteiger partial charge in [-0.05, 0) is 25.1 Å². The molecular formula is C10H12FO3. The summed E-state index contributed by atoms with van der Waals surface area (Å²) < 4.78 is 27.8. The van der Waals surface area contributed by atoms with Crippen molar-refractivity contribution in [2.45, 2.75) is 13.2 Å². The van der Waals surface area contributed by atoms with Crippen molar-refractivity contribution < 1.29 is 18.6 Å². The summed E-state index contributed by atoms with van der Waals surface area (Å²) in [6.07, 6.45) is -0.367. The normalized spacial score (nSPS) is 12.5. The van der Waals surface area contributed by atoms with E-state index in [1.54, 1.807) is 13.0 Å². The molecule has 1 aromatic rings. The molecule has 77 valence electrons. The van der Waals surface area contributed by atoms with Crippen molar-refractivity contribution in [1.82, 2.24) is 0 Å². The van der Waals surface area contributed by atoms with Crippen molar-refractivity contribution in [2.24, 2.45) is 0 Å². The van der Waals surface area contributed by atoms with E-state index in [1.807, 2.05) is 0 Å². The van der Waals surface area contributed by atoms with Gasteiger partial charge in [0.25, 0.3) is 0 Å². The number of benzene rings is 1. The lowest BCUT2D eigenvalue weighted by molar-refractivity contribution is -0.150. The number of rotatable bonds is 5. The fourth-order valence-electron chi connectivity index (χ4n) is 0.774. The molecule has 1 aromatic carbocycles. The Kier molecular flexibility index (Phi) is 4.35. The molecule has 0 fully saturated rings. The number of hydrogen-bond donors (Lipinski definition) is 0. The van der Waals surface area contributed by atoms with Crippen molar-refractivity contribution in [3.63, 3.8) is 0 Å². The third kappa shape index (κ3) is 3.32. The average molecular weight is 199 g/mol. The molecular weight excluding hydrogens is 187 g/mol. The third-order valence-electron chi connectivity index (χ3n) is 1.63. The molecule has 0 spiro atoms. The van der Waals surface area contributed by atoms with E-state index < -0.39 is 5.82 Å². The highest BCUT2D eigenvalue weighted by atomic mass is 19.1. The van der Waals surface area contributed by atoms with Gasteiger partial charge >= 0.3 is 0 Å². The van der Waals surface area contributed by atoms with Gasteiger partial charge in [-0.15, -0.1) is 0 Å². The van der Waals surface area contributed by atoms with Gasteiger partial charge in [0.15, 0.2) is 24.6 Å². The van der Waals surface area contributed by atoms with Crippen molar-refractivity contribution >= 4 is 0 Å². The highest BCUT2D eigenvalue weighted by Crippen LogP contribution is 2.14. The Labute approximate surface area is 82.4 Å². The van der Waals surface area contributed by atoms with E-state index in [9.17, 15) is 4.39 Å². The Hall–Kier alpha value is -1.13. The molecule has 0 amide bonds. The Bertz CT molecular complexity index is 278. The van der Waals surface area contributed by atoms with E-state index in [0.29, 0.717) is 0 Å². The molecule has 0 saturated carbocycles. The van der Waals surface area contributed by atoms with Gasteiger partial charge in [-0.3, -0.25) is 0 Å². The van der Waals surface area contributed by atoms with Crippen molar-refractivity contribution in [1.29, 1.82) is 0 Å². The number of hydrogen-bond acceptors (Lipinski definition) is 3. The van der Waals surface area contributed by atoms with Gasteiger partial charge < -0.3 is 14.2 Å². The van der Waals surface area contributed by atoms with Crippen LogP contribution in [0.25, 0.3) is 0 Å². The maximum Gasteiger partial charge on any atom is 0.192 e. The first-order valence-corrected chi connectivity index (χ1v) is 4.17. The predicted molar refractivity (Wildman–Crippen MR) is 48.3 cm³/mol. The molecule has 0 saturated heterocycles. The lowest BCUT2D eigenvalue weighted by Crippen LogP contribution is -2.14. The van der Waals surface area contributed by atoms with Crippen LogP contribution in [0, 0.1) is 11.9 Å². The molecule has 0 aromatic heterocycles. The van der Waals surface area contributed by atoms with Crippen molar-refractivity contribution in [2.75, 3.05) is 13.9 Å². The fraction of sp³-hybridized carbons (Fsp3) is 0.400. The molecule has 1 rings (SSSR count). The van der Waals surface area contributed by atoms with Crippen LogP contribution in [0.2, 0.25) is 0 Å². The Balaban J connectivity index is 2.35. The van der Waals surface area contributed by atoms with Crippen LogP contribution in [0.5, 0.6) is 5.75 Å². The van der Waals surface area contributed by atoms with Crippen LogP contribution in [0.4, 0.5) is 4.39 Å². The lowest BCUT2D eigenvalue weighted by atomic mass is 10.3. The minimum absolute atomic E-state index is 0.0457. The Morgan fingerprint density at radius 1 is 1.57 bits per heavy atom. The van der Waals surface area contributed by atoms with Gasteiger partial charge in [-0.1, -0.05) is 6.07 Å². The molecule has 0 aliphatic carbocycles. The summed E-state index contributed by atoms with van der Waals surface area (Å²) in [5.41, 5.74) is 0. The zero-order valence-electron chi connectivity index (χ0n) is 8.12. The summed E-state index contributed by atoms with van der Waals surface area (Å²) in [7, 11) is 1.52. The van der Waals surface area contributed by atoms with Crippen LogP contribution < -0.4 is 4.74 Å². The fourth-order valence-corrected chi connectivity index (χ4v) is 0.774. The molecule has 14 heavy (non-hydrogen) atoms. The van der Waals surface area contributed by atoms with Crippen LogP contribution >= 0.6 is 0 Å². The quantitative estimate of drug-likeness (QED) is 0.678. The van der Waals surface area contributed by atoms with E-state index >= 15 is 0 Å². The molecule has 1 unspecified atom stereocenters. The summed E-state index contributed by atoms with van der Waals surface area (Å²) in [5, 5.41) is 0. The van der Waals surface area contributed by atoms with Crippen LogP contribution in [-0.4, -0.2) is 20.2 Å². The van der Waals surface area contributed by atoms with Gasteiger partial charge in [0, 0.05) is 7.11 Å². The molecule has 4 heteroatoms. The third-order valence-corrected chi connectivity index (χ3v) is 1.63. The maximum absolute atomic E-state index is 13.0. The zero-order chi connectivity index (χ0) is 10.4. The lowest BCUT2D eigenvalue weighted by Gasteiger charge is -2.11. The first-order valence-electron chi connectivity index (χ1n) is 4.17. The molecule has 1 radical (unpaired) electrons. The standard InChI is InChI=1S/C10H12FO3/c1-8(12-2)13-7-14-10-6-4-3-5-9(10)11/h4-6,8H,7H2,1-2H3. The Morgan fingerprint density at radius 3 is 3.00 bits per heavy atom. The molecule has 0 aliphatic heterocycles. The molecule has 0 N–H and O–H groups in total. The highest BCUT2D eigenvalue weighted by molar-refractivity contribution is 5.22. The second kappa shape index (κ2) is 5.57. The van der Waals surface area contributed by atoms with Crippen LogP contribution in [0.3, 0.4) is 0 Å². The van der Waals surface area contributed by atoms with Gasteiger partial charge in [0.1, 0.15) is 0 Å². The summed E-state index contributed by atoms with van der Waals surface area (Å²) in [6.45, 7) is 1.68. The summed E-state index contributed by atoms with van der Waals surface area (Å²) in [6, 6.07) is 6.84. The largest absolute Gasteiger partial charge is 0.464 e. The Morgan fingerprint density at radius 2 is 2.36 bits per heavy atom. The van der Waals surface area contributed by atoms with Crippen LogP contribution in [-0.2, 0) is 9.47 Å². The van der Waals surface area contributed by atoms with Crippen LogP contribution in [0.1, 0.15) is 6.92 Å². The second-order valence-corrected chi connectivity index (χ2v) is 2.59. The van der Waals surface area contributed by atoms with E-state index in [4.69, 9.17) is 14.2 Å². The summed E-state index contributed by atoms with van der Waals surface area (Å²) >= 11 is 0. The topological polar surface area (TPSA) is 27.7 Å². The van der Waals surface area contributed by atoms with E-state index in [0.717, 1.165) is 0 Å². The van der Waals surface area contributed by atoms with E-state index in [1.165, 1.54) is 19.2 Å². The van der Waals surface area contributed by atoms with Crippen molar-refractivity contribution in [3.05, 3.63) is 30.1 Å². The summed E-state index contributed by atoms with van der Waals surface area (Å²) in [5.74, 6) is -0.312. The first kappa shape index (κ1) is 10.9. The smallest absolute Gasteiger partial charge is 0.192 e. The van der Waals surface area contributed by atoms with Crippen LogP contribution in [0.15, 0.2) is 18.2 Å². The molecule has 1 atom stereocenters. The predicted octanol–water partition coefficient (Wildman–Crippen LogP) is 1.97. The zero-order valence-corrected chi connectivity index (χ0v) is 8.12. The number of halogens is 1. The molecule has 0 bridgehead atoms. The van der Waals surface area contributed by atoms with E-state index in [-0.39, 0.29) is 18.8 Å². The number of ether oxygens (including phenoxy) is 3. The monoisotopic (exact) mass is 199 g/mol. The molecule has 0 heterocycles. The highest BCUT2D eigenvalue weighted by Gasteiger charge is 2.02. The number of methoxy groups -OCH3 is 1. The molecule has 3 nitrogen and oxygen atoms in total. The summed E-state index contributed by atoms with van der Waals surface area (Å²) in [4.78, 5) is 0. The second-order valence-electron chi connectivity index (χ2n) is 2.59. The van der Waals surface area contributed by atoms with Gasteiger partial charge in [-0.25, -0.2) is 4.39 Å². The average Bonchev–Trinajstić information content (AvgIpc) is 2.20. The van der Waals surface area contributed by atoms with Crippen molar-refractivity contribution in [3.8, 4) is 5.75 Å². The minimum Gasteiger partial charge on any atom is -0.464 e. The van der Waals surface area contributed by atoms with Gasteiger partial charge in [0.05, 0.1) is 0 Å². The maximum atomic E-state index is 13.0. The van der Waals surface area contributed by atoms with E-state index in [2.05, 4.69) is 6.07 Å². The SMILES string of the molecule is COC(C)OCOc1cc[c]cc1F. The molecule has 0 aliphatic rings. The van der Waals surface area contributed by atoms with Gasteiger partial charge in [-0.2, -0.15) is 0 Å². The minimum atomic E-state index is -0.457. The van der Waals surface area contributed by atoms with Gasteiger partial charge in [0.2, 0.25) is 0 Å².